The van der Waals surface area contributed by atoms with Crippen molar-refractivity contribution in [3.63, 3.8) is 0 Å². The second kappa shape index (κ2) is 9.34. The molecule has 1 aliphatic rings. The number of nitrogens with one attached hydrogen (secondary N) is 2. The Kier molecular flexibility index (Phi) is 7.44. The van der Waals surface area contributed by atoms with E-state index in [1.807, 2.05) is 25.1 Å². The van der Waals surface area contributed by atoms with Gasteiger partial charge in [-0.15, -0.1) is 0 Å². The van der Waals surface area contributed by atoms with Crippen molar-refractivity contribution in [2.45, 2.75) is 45.6 Å². The SMILES string of the molecule is Cc1cc(Br)ccc1NC(=O)CN(C)CC(=O)NC1CCC(C)CC1. The Morgan fingerprint density at radius 3 is 2.44 bits per heavy atom. The number of benzene rings is 1. The summed E-state index contributed by atoms with van der Waals surface area (Å²) in [6, 6.07) is 6.01. The first-order valence-electron chi connectivity index (χ1n) is 8.87. The molecule has 25 heavy (non-hydrogen) atoms. The Bertz CT molecular complexity index is 613. The van der Waals surface area contributed by atoms with Crippen LogP contribution in [0.3, 0.4) is 0 Å². The number of carbonyl (C=O) groups is 2. The third kappa shape index (κ3) is 6.78. The van der Waals surface area contributed by atoms with Crippen molar-refractivity contribution in [3.05, 3.63) is 28.2 Å². The molecule has 5 nitrogen and oxygen atoms in total. The molecule has 1 aliphatic carbocycles. The first kappa shape index (κ1) is 19.9. The highest BCUT2D eigenvalue weighted by Gasteiger charge is 2.20. The Hall–Kier alpha value is -1.40. The molecular weight excluding hydrogens is 382 g/mol. The van der Waals surface area contributed by atoms with Gasteiger partial charge in [-0.3, -0.25) is 14.5 Å². The summed E-state index contributed by atoms with van der Waals surface area (Å²) in [6.45, 7) is 4.63. The summed E-state index contributed by atoms with van der Waals surface area (Å²) in [5.41, 5.74) is 1.79. The number of halogens is 1. The molecule has 2 rings (SSSR count). The van der Waals surface area contributed by atoms with Gasteiger partial charge >= 0.3 is 0 Å². The fourth-order valence-corrected chi connectivity index (χ4v) is 3.66. The lowest BCUT2D eigenvalue weighted by molar-refractivity contribution is -0.123. The van der Waals surface area contributed by atoms with Crippen LogP contribution >= 0.6 is 15.9 Å². The van der Waals surface area contributed by atoms with Gasteiger partial charge in [0.25, 0.3) is 0 Å². The van der Waals surface area contributed by atoms with Crippen LogP contribution in [0.5, 0.6) is 0 Å². The van der Waals surface area contributed by atoms with Crippen LogP contribution in [0, 0.1) is 12.8 Å². The van der Waals surface area contributed by atoms with Crippen molar-refractivity contribution >= 4 is 33.4 Å². The Morgan fingerprint density at radius 2 is 1.80 bits per heavy atom. The maximum atomic E-state index is 12.2. The van der Waals surface area contributed by atoms with E-state index >= 15 is 0 Å². The number of amides is 2. The lowest BCUT2D eigenvalue weighted by Crippen LogP contribution is -2.44. The van der Waals surface area contributed by atoms with Crippen molar-refractivity contribution in [1.82, 2.24) is 10.2 Å². The largest absolute Gasteiger partial charge is 0.352 e. The number of likely N-dealkylation sites (N-methyl/N-ethyl adjacent to an activating group) is 1. The summed E-state index contributed by atoms with van der Waals surface area (Å²) in [7, 11) is 1.79. The zero-order valence-electron chi connectivity index (χ0n) is 15.3. The Labute approximate surface area is 158 Å². The highest BCUT2D eigenvalue weighted by molar-refractivity contribution is 9.10. The van der Waals surface area contributed by atoms with Gasteiger partial charge in [-0.05, 0) is 69.3 Å². The molecule has 1 aromatic carbocycles. The number of anilines is 1. The normalized spacial score (nSPS) is 20.4. The summed E-state index contributed by atoms with van der Waals surface area (Å²) >= 11 is 3.41. The molecule has 1 aromatic rings. The molecule has 0 saturated heterocycles. The van der Waals surface area contributed by atoms with Crippen LogP contribution in [0.1, 0.15) is 38.2 Å². The molecule has 0 unspecified atom stereocenters. The van der Waals surface area contributed by atoms with Gasteiger partial charge < -0.3 is 10.6 Å². The van der Waals surface area contributed by atoms with Gasteiger partial charge in [0.2, 0.25) is 11.8 Å². The van der Waals surface area contributed by atoms with Crippen LogP contribution < -0.4 is 10.6 Å². The minimum Gasteiger partial charge on any atom is -0.352 e. The van der Waals surface area contributed by atoms with E-state index in [-0.39, 0.29) is 30.9 Å². The number of rotatable bonds is 6. The van der Waals surface area contributed by atoms with Gasteiger partial charge in [-0.2, -0.15) is 0 Å². The monoisotopic (exact) mass is 409 g/mol. The van der Waals surface area contributed by atoms with E-state index in [0.29, 0.717) is 0 Å². The molecule has 2 amide bonds. The van der Waals surface area contributed by atoms with E-state index in [1.165, 1.54) is 12.8 Å². The van der Waals surface area contributed by atoms with Crippen LogP contribution in [0.15, 0.2) is 22.7 Å². The van der Waals surface area contributed by atoms with Crippen LogP contribution in [0.25, 0.3) is 0 Å². The number of hydrogen-bond acceptors (Lipinski definition) is 3. The highest BCUT2D eigenvalue weighted by Crippen LogP contribution is 2.23. The molecule has 138 valence electrons. The van der Waals surface area contributed by atoms with Crippen LogP contribution in [-0.2, 0) is 9.59 Å². The molecule has 0 aliphatic heterocycles. The predicted molar refractivity (Wildman–Crippen MR) is 105 cm³/mol. The van der Waals surface area contributed by atoms with Crippen LogP contribution in [0.2, 0.25) is 0 Å². The van der Waals surface area contributed by atoms with E-state index in [0.717, 1.165) is 34.5 Å². The maximum absolute atomic E-state index is 12.2. The zero-order valence-corrected chi connectivity index (χ0v) is 16.9. The first-order chi connectivity index (χ1) is 11.8. The quantitative estimate of drug-likeness (QED) is 0.757. The van der Waals surface area contributed by atoms with E-state index in [4.69, 9.17) is 0 Å². The summed E-state index contributed by atoms with van der Waals surface area (Å²) in [5.74, 6) is 0.642. The first-order valence-corrected chi connectivity index (χ1v) is 9.66. The van der Waals surface area contributed by atoms with Crippen molar-refractivity contribution in [1.29, 1.82) is 0 Å². The van der Waals surface area contributed by atoms with E-state index < -0.39 is 0 Å². The smallest absolute Gasteiger partial charge is 0.238 e. The lowest BCUT2D eigenvalue weighted by Gasteiger charge is -2.27. The molecular formula is C19H28BrN3O2. The van der Waals surface area contributed by atoms with E-state index in [1.54, 1.807) is 11.9 Å². The predicted octanol–water partition coefficient (Wildman–Crippen LogP) is 3.32. The molecule has 2 N–H and O–H groups in total. The zero-order chi connectivity index (χ0) is 18.4. The topological polar surface area (TPSA) is 61.4 Å². The van der Waals surface area contributed by atoms with Gasteiger partial charge in [0.05, 0.1) is 13.1 Å². The van der Waals surface area contributed by atoms with Gasteiger partial charge in [-0.25, -0.2) is 0 Å². The lowest BCUT2D eigenvalue weighted by atomic mass is 9.87. The molecule has 0 bridgehead atoms. The molecule has 1 fully saturated rings. The second-order valence-electron chi connectivity index (χ2n) is 7.20. The third-order valence-electron chi connectivity index (χ3n) is 4.67. The van der Waals surface area contributed by atoms with Gasteiger partial charge in [0, 0.05) is 16.2 Å². The van der Waals surface area contributed by atoms with Crippen LogP contribution in [-0.4, -0.2) is 42.9 Å². The number of nitrogens with zero attached hydrogens (tertiary/aromatic N) is 1. The molecule has 0 radical (unpaired) electrons. The van der Waals surface area contributed by atoms with Crippen LogP contribution in [0.4, 0.5) is 5.69 Å². The van der Waals surface area contributed by atoms with E-state index in [9.17, 15) is 9.59 Å². The second-order valence-corrected chi connectivity index (χ2v) is 8.12. The Morgan fingerprint density at radius 1 is 1.16 bits per heavy atom. The number of aryl methyl sites for hydroxylation is 1. The standard InChI is InChI=1S/C19H28BrN3O2/c1-13-4-7-16(8-5-13)21-18(24)11-23(3)12-19(25)22-17-9-6-15(20)10-14(17)2/h6,9-10,13,16H,4-5,7-8,11-12H2,1-3H3,(H,21,24)(H,22,25). The van der Waals surface area contributed by atoms with Crippen molar-refractivity contribution in [2.75, 3.05) is 25.5 Å². The molecule has 0 atom stereocenters. The number of carbonyl (C=O) groups excluding carboxylic acids is 2. The molecule has 0 heterocycles. The fraction of sp³-hybridized carbons (Fsp3) is 0.579. The van der Waals surface area contributed by atoms with Gasteiger partial charge in [0.1, 0.15) is 0 Å². The summed E-state index contributed by atoms with van der Waals surface area (Å²) in [4.78, 5) is 26.1. The minimum atomic E-state index is -0.118. The van der Waals surface area contributed by atoms with Gasteiger partial charge in [-0.1, -0.05) is 22.9 Å². The van der Waals surface area contributed by atoms with Crippen molar-refractivity contribution in [2.24, 2.45) is 5.92 Å². The summed E-state index contributed by atoms with van der Waals surface area (Å²) in [5, 5.41) is 5.99. The average Bonchev–Trinajstić information content (AvgIpc) is 2.52. The molecule has 6 heteroatoms. The number of hydrogen-bond donors (Lipinski definition) is 2. The van der Waals surface area contributed by atoms with Gasteiger partial charge in [0.15, 0.2) is 0 Å². The minimum absolute atomic E-state index is 0.00493. The molecule has 1 saturated carbocycles. The third-order valence-corrected chi connectivity index (χ3v) is 5.16. The van der Waals surface area contributed by atoms with E-state index in [2.05, 4.69) is 33.5 Å². The molecule has 0 spiro atoms. The van der Waals surface area contributed by atoms with Crippen molar-refractivity contribution in [3.8, 4) is 0 Å². The fourth-order valence-electron chi connectivity index (χ4n) is 3.18. The summed E-state index contributed by atoms with van der Waals surface area (Å²) in [6.07, 6.45) is 4.46. The molecule has 0 aromatic heterocycles. The highest BCUT2D eigenvalue weighted by atomic mass is 79.9. The average molecular weight is 410 g/mol. The van der Waals surface area contributed by atoms with Crippen molar-refractivity contribution < 1.29 is 9.59 Å². The Balaban J connectivity index is 1.74. The summed E-state index contributed by atoms with van der Waals surface area (Å²) < 4.78 is 0.980. The maximum Gasteiger partial charge on any atom is 0.238 e.